The molecule has 0 aliphatic heterocycles. The SMILES string of the molecule is BC1=C(BC)c2occ(C(=O)c3ccc(C(=O)O)cc3)c2C(=O)C1=O. The lowest BCUT2D eigenvalue weighted by atomic mass is 9.61. The second kappa shape index (κ2) is 6.05. The highest BCUT2D eigenvalue weighted by Crippen LogP contribution is 2.32. The summed E-state index contributed by atoms with van der Waals surface area (Å²) in [5, 5.41) is 8.91. The van der Waals surface area contributed by atoms with E-state index < -0.39 is 23.3 Å². The molecule has 0 saturated heterocycles. The first-order chi connectivity index (χ1) is 11.9. The Morgan fingerprint density at radius 2 is 1.68 bits per heavy atom. The molecule has 1 aliphatic carbocycles. The Hall–Kier alpha value is -3.15. The maximum Gasteiger partial charge on any atom is 0.335 e. The van der Waals surface area contributed by atoms with Crippen LogP contribution in [0.15, 0.2) is 40.4 Å². The molecule has 8 heteroatoms. The highest BCUT2D eigenvalue weighted by molar-refractivity contribution is 6.72. The summed E-state index contributed by atoms with van der Waals surface area (Å²) < 4.78 is 5.44. The second-order valence-electron chi connectivity index (χ2n) is 5.68. The summed E-state index contributed by atoms with van der Waals surface area (Å²) in [7, 11) is 2.06. The van der Waals surface area contributed by atoms with Gasteiger partial charge in [0, 0.05) is 5.56 Å². The van der Waals surface area contributed by atoms with Crippen molar-refractivity contribution in [3.8, 4) is 0 Å². The number of carboxylic acid groups (broad SMARTS) is 1. The highest BCUT2D eigenvalue weighted by Gasteiger charge is 2.36. The van der Waals surface area contributed by atoms with Crippen LogP contribution < -0.4 is 0 Å². The van der Waals surface area contributed by atoms with Crippen LogP contribution in [-0.2, 0) is 4.79 Å². The summed E-state index contributed by atoms with van der Waals surface area (Å²) in [6.07, 6.45) is 1.18. The molecule has 1 N–H and O–H groups in total. The Kier molecular flexibility index (Phi) is 4.04. The third kappa shape index (κ3) is 2.55. The van der Waals surface area contributed by atoms with Gasteiger partial charge in [0.25, 0.3) is 0 Å². The number of fused-ring (bicyclic) bond motifs is 1. The van der Waals surface area contributed by atoms with Crippen molar-refractivity contribution >= 4 is 43.9 Å². The Bertz CT molecular complexity index is 966. The van der Waals surface area contributed by atoms with Crippen molar-refractivity contribution in [2.24, 2.45) is 0 Å². The van der Waals surface area contributed by atoms with Gasteiger partial charge in [-0.25, -0.2) is 4.79 Å². The van der Waals surface area contributed by atoms with Gasteiger partial charge in [-0.05, 0) is 23.1 Å². The van der Waals surface area contributed by atoms with Gasteiger partial charge < -0.3 is 9.52 Å². The molecule has 1 aromatic carbocycles. The van der Waals surface area contributed by atoms with Crippen LogP contribution in [0.3, 0.4) is 0 Å². The van der Waals surface area contributed by atoms with Crippen LogP contribution >= 0.6 is 0 Å². The van der Waals surface area contributed by atoms with Crippen molar-refractivity contribution in [2.75, 3.05) is 0 Å². The van der Waals surface area contributed by atoms with E-state index in [2.05, 4.69) is 0 Å². The van der Waals surface area contributed by atoms with Crippen molar-refractivity contribution in [2.45, 2.75) is 6.82 Å². The van der Waals surface area contributed by atoms with Crippen LogP contribution in [0.5, 0.6) is 0 Å². The van der Waals surface area contributed by atoms with Crippen LogP contribution in [0.2, 0.25) is 6.82 Å². The van der Waals surface area contributed by atoms with Gasteiger partial charge in [0.2, 0.25) is 11.6 Å². The summed E-state index contributed by atoms with van der Waals surface area (Å²) in [6, 6.07) is 5.33. The van der Waals surface area contributed by atoms with E-state index in [9.17, 15) is 19.2 Å². The third-order valence-corrected chi connectivity index (χ3v) is 4.28. The van der Waals surface area contributed by atoms with Gasteiger partial charge in [0.05, 0.1) is 16.7 Å². The van der Waals surface area contributed by atoms with Crippen molar-refractivity contribution in [3.05, 3.63) is 64.0 Å². The van der Waals surface area contributed by atoms with Gasteiger partial charge >= 0.3 is 5.97 Å². The molecule has 0 fully saturated rings. The van der Waals surface area contributed by atoms with E-state index in [1.807, 2.05) is 6.82 Å². The maximum absolute atomic E-state index is 12.7. The minimum Gasteiger partial charge on any atom is -0.478 e. The van der Waals surface area contributed by atoms with Gasteiger partial charge in [-0.1, -0.05) is 19.0 Å². The predicted molar refractivity (Wildman–Crippen MR) is 93.4 cm³/mol. The lowest BCUT2D eigenvalue weighted by molar-refractivity contribution is -0.111. The van der Waals surface area contributed by atoms with Gasteiger partial charge in [-0.15, -0.1) is 0 Å². The number of ketones is 3. The Morgan fingerprint density at radius 3 is 2.24 bits per heavy atom. The average molecular weight is 334 g/mol. The molecule has 0 spiro atoms. The Labute approximate surface area is 144 Å². The molecule has 0 bridgehead atoms. The quantitative estimate of drug-likeness (QED) is 0.503. The zero-order valence-corrected chi connectivity index (χ0v) is 13.6. The van der Waals surface area contributed by atoms with E-state index in [0.29, 0.717) is 18.2 Å². The highest BCUT2D eigenvalue weighted by atomic mass is 16.4. The molecule has 1 heterocycles. The van der Waals surface area contributed by atoms with Gasteiger partial charge in [-0.2, -0.15) is 0 Å². The van der Waals surface area contributed by atoms with E-state index in [1.54, 1.807) is 7.85 Å². The predicted octanol–water partition coefficient (Wildman–Crippen LogP) is 0.761. The first kappa shape index (κ1) is 16.7. The maximum atomic E-state index is 12.7. The number of allylic oxidation sites excluding steroid dienone is 1. The largest absolute Gasteiger partial charge is 0.478 e. The molecule has 1 aliphatic rings. The summed E-state index contributed by atoms with van der Waals surface area (Å²) in [5.41, 5.74) is 1.19. The number of carboxylic acids is 1. The third-order valence-electron chi connectivity index (χ3n) is 4.28. The Morgan fingerprint density at radius 1 is 1.08 bits per heavy atom. The van der Waals surface area contributed by atoms with E-state index in [4.69, 9.17) is 9.52 Å². The smallest absolute Gasteiger partial charge is 0.335 e. The van der Waals surface area contributed by atoms with Crippen LogP contribution in [0.4, 0.5) is 0 Å². The number of hydrogen-bond donors (Lipinski definition) is 1. The fraction of sp³-hybridized carbons (Fsp3) is 0.0588. The number of hydrogen-bond acceptors (Lipinski definition) is 5. The molecule has 0 unspecified atom stereocenters. The zero-order chi connectivity index (χ0) is 18.3. The van der Waals surface area contributed by atoms with Gasteiger partial charge in [0.1, 0.15) is 19.9 Å². The summed E-state index contributed by atoms with van der Waals surface area (Å²) in [5.74, 6) is -2.74. The molecule has 2 aromatic rings. The van der Waals surface area contributed by atoms with Crippen molar-refractivity contribution in [3.63, 3.8) is 0 Å². The first-order valence-corrected chi connectivity index (χ1v) is 7.65. The number of rotatable bonds is 4. The van der Waals surface area contributed by atoms with Crippen LogP contribution in [0.25, 0.3) is 5.47 Å². The minimum absolute atomic E-state index is 0.00914. The number of benzene rings is 1. The number of Topliss-reactive ketones (excluding diaryl/α,β-unsaturated/α-hetero) is 2. The molecule has 0 saturated carbocycles. The van der Waals surface area contributed by atoms with Gasteiger partial charge in [-0.3, -0.25) is 14.4 Å². The standard InChI is InChI=1S/C17H12B2O6/c1-19-12-11(18)15(22)14(21)10-9(6-25-16(10)12)13(20)7-2-4-8(5-3-7)17(23)24/h2-6,19H,18H2,1H3,(H,23,24). The minimum atomic E-state index is -1.10. The van der Waals surface area contributed by atoms with E-state index in [-0.39, 0.29) is 28.0 Å². The number of carbonyl (C=O) groups is 4. The average Bonchev–Trinajstić information content (AvgIpc) is 3.04. The molecule has 25 heavy (non-hydrogen) atoms. The van der Waals surface area contributed by atoms with Crippen LogP contribution in [0, 0.1) is 0 Å². The van der Waals surface area contributed by atoms with Crippen molar-refractivity contribution < 1.29 is 28.7 Å². The van der Waals surface area contributed by atoms with E-state index in [0.717, 1.165) is 0 Å². The van der Waals surface area contributed by atoms with E-state index in [1.165, 1.54) is 30.5 Å². The Balaban J connectivity index is 2.09. The zero-order valence-electron chi connectivity index (χ0n) is 13.6. The van der Waals surface area contributed by atoms with E-state index >= 15 is 0 Å². The van der Waals surface area contributed by atoms with Crippen LogP contribution in [-0.4, -0.2) is 43.6 Å². The summed E-state index contributed by atoms with van der Waals surface area (Å²) in [4.78, 5) is 48.1. The number of carbonyl (C=O) groups excluding carboxylic acids is 3. The molecule has 122 valence electrons. The molecule has 6 nitrogen and oxygen atoms in total. The molecule has 0 radical (unpaired) electrons. The number of aromatic carboxylic acids is 1. The molecule has 0 atom stereocenters. The molecule has 1 aromatic heterocycles. The fourth-order valence-electron chi connectivity index (χ4n) is 2.91. The molecular weight excluding hydrogens is 322 g/mol. The van der Waals surface area contributed by atoms with Crippen molar-refractivity contribution in [1.82, 2.24) is 0 Å². The lowest BCUT2D eigenvalue weighted by Gasteiger charge is -2.14. The molecular formula is C17H12B2O6. The van der Waals surface area contributed by atoms with Gasteiger partial charge in [0.15, 0.2) is 13.1 Å². The fourth-order valence-corrected chi connectivity index (χ4v) is 2.91. The molecule has 3 rings (SSSR count). The summed E-state index contributed by atoms with van der Waals surface area (Å²) in [6.45, 7) is 1.83. The van der Waals surface area contributed by atoms with Crippen LogP contribution in [0.1, 0.15) is 42.4 Å². The second-order valence-corrected chi connectivity index (χ2v) is 5.68. The lowest BCUT2D eigenvalue weighted by Crippen LogP contribution is -2.26. The summed E-state index contributed by atoms with van der Waals surface area (Å²) >= 11 is 0. The normalized spacial score (nSPS) is 13.6. The first-order valence-electron chi connectivity index (χ1n) is 7.65. The molecule has 0 amide bonds. The number of furan rings is 1. The topological polar surface area (TPSA) is 102 Å². The monoisotopic (exact) mass is 334 g/mol. The van der Waals surface area contributed by atoms with Crippen molar-refractivity contribution in [1.29, 1.82) is 0 Å².